The van der Waals surface area contributed by atoms with E-state index < -0.39 is 5.97 Å². The van der Waals surface area contributed by atoms with Crippen molar-refractivity contribution in [1.29, 1.82) is 0 Å². The van der Waals surface area contributed by atoms with Gasteiger partial charge in [0.15, 0.2) is 0 Å². The molecule has 2 heterocycles. The van der Waals surface area contributed by atoms with Gasteiger partial charge in [0.2, 0.25) is 0 Å². The van der Waals surface area contributed by atoms with Crippen LogP contribution in [0.2, 0.25) is 0 Å². The van der Waals surface area contributed by atoms with Gasteiger partial charge in [0, 0.05) is 25.3 Å². The van der Waals surface area contributed by atoms with Gasteiger partial charge in [-0.15, -0.1) is 0 Å². The lowest BCUT2D eigenvalue weighted by atomic mass is 10.0. The minimum atomic E-state index is -0.825. The molecule has 2 rings (SSSR count). The number of aromatic nitrogens is 1. The molecular weight excluding hydrogens is 252 g/mol. The topological polar surface area (TPSA) is 45.5 Å². The smallest absolute Gasteiger partial charge is 0.352 e. The Morgan fingerprint density at radius 3 is 2.70 bits per heavy atom. The van der Waals surface area contributed by atoms with Crippen LogP contribution >= 0.6 is 0 Å². The van der Waals surface area contributed by atoms with Crippen molar-refractivity contribution in [3.63, 3.8) is 0 Å². The maximum Gasteiger partial charge on any atom is 0.352 e. The Bertz CT molecular complexity index is 431. The van der Waals surface area contributed by atoms with Crippen LogP contribution in [0.5, 0.6) is 0 Å². The van der Waals surface area contributed by atoms with Crippen molar-refractivity contribution in [3.8, 4) is 0 Å². The Morgan fingerprint density at radius 1 is 1.40 bits per heavy atom. The number of hydrogen-bond donors (Lipinski definition) is 1. The van der Waals surface area contributed by atoms with E-state index in [4.69, 9.17) is 0 Å². The fourth-order valence-corrected chi connectivity index (χ4v) is 3.04. The number of aromatic carboxylic acids is 1. The van der Waals surface area contributed by atoms with Crippen molar-refractivity contribution in [2.24, 2.45) is 5.92 Å². The largest absolute Gasteiger partial charge is 0.477 e. The third-order valence-electron chi connectivity index (χ3n) is 4.20. The molecule has 0 spiro atoms. The van der Waals surface area contributed by atoms with Crippen molar-refractivity contribution >= 4 is 5.97 Å². The van der Waals surface area contributed by atoms with Crippen LogP contribution in [0.15, 0.2) is 18.3 Å². The second-order valence-corrected chi connectivity index (χ2v) is 6.21. The summed E-state index contributed by atoms with van der Waals surface area (Å²) in [6, 6.07) is 3.87. The van der Waals surface area contributed by atoms with E-state index in [-0.39, 0.29) is 0 Å². The van der Waals surface area contributed by atoms with E-state index in [0.717, 1.165) is 31.8 Å². The number of likely N-dealkylation sites (tertiary alicyclic amines) is 1. The van der Waals surface area contributed by atoms with Crippen molar-refractivity contribution in [2.75, 3.05) is 19.6 Å². The molecule has 0 saturated carbocycles. The number of carboxylic acids is 1. The van der Waals surface area contributed by atoms with Gasteiger partial charge in [0.05, 0.1) is 0 Å². The molecule has 1 aliphatic rings. The first kappa shape index (κ1) is 15.1. The molecule has 0 bridgehead atoms. The van der Waals surface area contributed by atoms with Crippen LogP contribution in [0.4, 0.5) is 0 Å². The molecule has 112 valence electrons. The summed E-state index contributed by atoms with van der Waals surface area (Å²) < 4.78 is 1.94. The Hall–Kier alpha value is -1.29. The molecular formula is C16H26N2O2. The van der Waals surface area contributed by atoms with Gasteiger partial charge in [-0.2, -0.15) is 0 Å². The first-order chi connectivity index (χ1) is 9.58. The highest BCUT2D eigenvalue weighted by molar-refractivity contribution is 5.85. The van der Waals surface area contributed by atoms with Crippen LogP contribution in [0, 0.1) is 5.92 Å². The zero-order chi connectivity index (χ0) is 14.5. The number of carbonyl (C=O) groups is 1. The van der Waals surface area contributed by atoms with Crippen LogP contribution in [0.1, 0.15) is 56.1 Å². The molecule has 0 amide bonds. The van der Waals surface area contributed by atoms with Gasteiger partial charge < -0.3 is 14.6 Å². The van der Waals surface area contributed by atoms with E-state index in [1.807, 2.05) is 16.8 Å². The monoisotopic (exact) mass is 278 g/mol. The molecule has 1 saturated heterocycles. The molecule has 1 fully saturated rings. The molecule has 4 heteroatoms. The molecule has 0 radical (unpaired) electrons. The van der Waals surface area contributed by atoms with Gasteiger partial charge in [-0.05, 0) is 50.3 Å². The number of rotatable bonds is 6. The van der Waals surface area contributed by atoms with Gasteiger partial charge in [0.1, 0.15) is 5.69 Å². The van der Waals surface area contributed by atoms with E-state index in [9.17, 15) is 9.90 Å². The summed E-state index contributed by atoms with van der Waals surface area (Å²) in [5, 5.41) is 9.17. The van der Waals surface area contributed by atoms with Crippen molar-refractivity contribution in [3.05, 3.63) is 24.0 Å². The van der Waals surface area contributed by atoms with Gasteiger partial charge in [-0.3, -0.25) is 0 Å². The van der Waals surface area contributed by atoms with E-state index in [2.05, 4.69) is 18.7 Å². The third-order valence-corrected chi connectivity index (χ3v) is 4.20. The third kappa shape index (κ3) is 3.85. The number of carboxylic acid groups (broad SMARTS) is 1. The SMILES string of the molecule is CC(C)CCCN1CCC(n2cccc2C(=O)O)CC1. The van der Waals surface area contributed by atoms with Gasteiger partial charge in [-0.1, -0.05) is 13.8 Å². The maximum atomic E-state index is 11.2. The standard InChI is InChI=1S/C16H26N2O2/c1-13(2)5-3-9-17-11-7-14(8-12-17)18-10-4-6-15(18)16(19)20/h4,6,10,13-14H,3,5,7-9,11-12H2,1-2H3,(H,19,20). The highest BCUT2D eigenvalue weighted by Gasteiger charge is 2.22. The second kappa shape index (κ2) is 6.93. The quantitative estimate of drug-likeness (QED) is 0.868. The Morgan fingerprint density at radius 2 is 2.10 bits per heavy atom. The van der Waals surface area contributed by atoms with E-state index >= 15 is 0 Å². The average Bonchev–Trinajstić information content (AvgIpc) is 2.88. The lowest BCUT2D eigenvalue weighted by Crippen LogP contribution is -2.35. The van der Waals surface area contributed by atoms with E-state index in [1.54, 1.807) is 6.07 Å². The van der Waals surface area contributed by atoms with Gasteiger partial charge >= 0.3 is 5.97 Å². The molecule has 1 N–H and O–H groups in total. The predicted molar refractivity (Wildman–Crippen MR) is 80.2 cm³/mol. The summed E-state index contributed by atoms with van der Waals surface area (Å²) in [5.41, 5.74) is 0.420. The molecule has 0 atom stereocenters. The fourth-order valence-electron chi connectivity index (χ4n) is 3.04. The van der Waals surface area contributed by atoms with Crippen molar-refractivity contribution < 1.29 is 9.90 Å². The normalized spacial score (nSPS) is 17.8. The Kier molecular flexibility index (Phi) is 5.24. The number of piperidine rings is 1. The summed E-state index contributed by atoms with van der Waals surface area (Å²) >= 11 is 0. The molecule has 0 aliphatic carbocycles. The second-order valence-electron chi connectivity index (χ2n) is 6.21. The maximum absolute atomic E-state index is 11.2. The highest BCUT2D eigenvalue weighted by atomic mass is 16.4. The summed E-state index contributed by atoms with van der Waals surface area (Å²) in [4.78, 5) is 13.7. The zero-order valence-electron chi connectivity index (χ0n) is 12.6. The number of nitrogens with zero attached hydrogens (tertiary/aromatic N) is 2. The predicted octanol–water partition coefficient (Wildman–Crippen LogP) is 3.26. The molecule has 0 aromatic carbocycles. The first-order valence-corrected chi connectivity index (χ1v) is 7.70. The zero-order valence-corrected chi connectivity index (χ0v) is 12.6. The lowest BCUT2D eigenvalue weighted by Gasteiger charge is -2.33. The molecule has 1 aromatic heterocycles. The Balaban J connectivity index is 1.82. The minimum Gasteiger partial charge on any atom is -0.477 e. The van der Waals surface area contributed by atoms with Gasteiger partial charge in [0.25, 0.3) is 0 Å². The molecule has 1 aromatic rings. The van der Waals surface area contributed by atoms with Crippen molar-refractivity contribution in [2.45, 2.75) is 45.6 Å². The molecule has 1 aliphatic heterocycles. The van der Waals surface area contributed by atoms with Crippen LogP contribution < -0.4 is 0 Å². The van der Waals surface area contributed by atoms with E-state index in [1.165, 1.54) is 19.4 Å². The minimum absolute atomic E-state index is 0.345. The van der Waals surface area contributed by atoms with Crippen LogP contribution in [-0.4, -0.2) is 40.2 Å². The van der Waals surface area contributed by atoms with E-state index in [0.29, 0.717) is 11.7 Å². The molecule has 20 heavy (non-hydrogen) atoms. The summed E-state index contributed by atoms with van der Waals surface area (Å²) in [7, 11) is 0. The highest BCUT2D eigenvalue weighted by Crippen LogP contribution is 2.24. The van der Waals surface area contributed by atoms with Crippen molar-refractivity contribution in [1.82, 2.24) is 9.47 Å². The summed E-state index contributed by atoms with van der Waals surface area (Å²) in [6.07, 6.45) is 6.57. The average molecular weight is 278 g/mol. The van der Waals surface area contributed by atoms with Crippen LogP contribution in [-0.2, 0) is 0 Å². The first-order valence-electron chi connectivity index (χ1n) is 7.70. The van der Waals surface area contributed by atoms with Crippen LogP contribution in [0.3, 0.4) is 0 Å². The molecule has 0 unspecified atom stereocenters. The molecule has 4 nitrogen and oxygen atoms in total. The lowest BCUT2D eigenvalue weighted by molar-refractivity contribution is 0.0678. The summed E-state index contributed by atoms with van der Waals surface area (Å²) in [6.45, 7) is 7.89. The van der Waals surface area contributed by atoms with Crippen LogP contribution in [0.25, 0.3) is 0 Å². The fraction of sp³-hybridized carbons (Fsp3) is 0.688. The number of hydrogen-bond acceptors (Lipinski definition) is 2. The summed E-state index contributed by atoms with van der Waals surface area (Å²) in [5.74, 6) is -0.0418. The van der Waals surface area contributed by atoms with Gasteiger partial charge in [-0.25, -0.2) is 4.79 Å². The Labute approximate surface area is 121 Å².